The van der Waals surface area contributed by atoms with Crippen molar-refractivity contribution >= 4 is 6.03 Å². The van der Waals surface area contributed by atoms with Gasteiger partial charge in [0.15, 0.2) is 0 Å². The Morgan fingerprint density at radius 3 is 2.93 bits per heavy atom. The number of methoxy groups -OCH3 is 1. The zero-order chi connectivity index (χ0) is 18.6. The molecule has 3 unspecified atom stereocenters. The Bertz CT molecular complexity index is 783. The molecule has 0 aliphatic carbocycles. The number of hydrogen-bond donors (Lipinski definition) is 1. The number of ether oxygens (including phenoxy) is 2. The third kappa shape index (κ3) is 3.76. The lowest BCUT2D eigenvalue weighted by molar-refractivity contribution is 0.0261. The second-order valence-electron chi connectivity index (χ2n) is 7.09. The van der Waals surface area contributed by atoms with Crippen LogP contribution in [0.5, 0.6) is 5.88 Å². The van der Waals surface area contributed by atoms with Crippen LogP contribution in [0.25, 0.3) is 0 Å². The number of hydrogen-bond acceptors (Lipinski definition) is 4. The minimum atomic E-state index is -0.0325. The first kappa shape index (κ1) is 17.8. The van der Waals surface area contributed by atoms with Crippen molar-refractivity contribution in [3.05, 3.63) is 59.8 Å². The van der Waals surface area contributed by atoms with Gasteiger partial charge in [-0.3, -0.25) is 0 Å². The molecule has 2 saturated heterocycles. The molecule has 4 rings (SSSR count). The van der Waals surface area contributed by atoms with Crippen molar-refractivity contribution in [2.75, 3.05) is 26.9 Å². The minimum absolute atomic E-state index is 0.0325. The summed E-state index contributed by atoms with van der Waals surface area (Å²) < 4.78 is 10.9. The lowest BCUT2D eigenvalue weighted by Gasteiger charge is -2.32. The summed E-state index contributed by atoms with van der Waals surface area (Å²) in [4.78, 5) is 19.3. The van der Waals surface area contributed by atoms with Gasteiger partial charge < -0.3 is 19.7 Å². The first-order valence-corrected chi connectivity index (χ1v) is 9.43. The molecule has 3 atom stereocenters. The quantitative estimate of drug-likeness (QED) is 0.903. The van der Waals surface area contributed by atoms with E-state index in [1.807, 2.05) is 23.1 Å². The lowest BCUT2D eigenvalue weighted by atomic mass is 9.84. The van der Waals surface area contributed by atoms with E-state index in [0.717, 1.165) is 18.7 Å². The summed E-state index contributed by atoms with van der Waals surface area (Å²) >= 11 is 0. The molecule has 2 aliphatic heterocycles. The number of benzene rings is 1. The highest BCUT2D eigenvalue weighted by atomic mass is 16.5. The number of carbonyl (C=O) groups is 1. The van der Waals surface area contributed by atoms with Crippen molar-refractivity contribution in [1.82, 2.24) is 15.2 Å². The summed E-state index contributed by atoms with van der Waals surface area (Å²) in [5.41, 5.74) is 2.06. The lowest BCUT2D eigenvalue weighted by Crippen LogP contribution is -2.46. The summed E-state index contributed by atoms with van der Waals surface area (Å²) in [5, 5.41) is 3.03. The topological polar surface area (TPSA) is 63.7 Å². The van der Waals surface area contributed by atoms with Gasteiger partial charge in [-0.25, -0.2) is 9.78 Å². The average Bonchev–Trinajstić information content (AvgIpc) is 3.13. The highest BCUT2D eigenvalue weighted by Crippen LogP contribution is 2.40. The molecular formula is C21H25N3O3. The second kappa shape index (κ2) is 7.96. The van der Waals surface area contributed by atoms with Crippen molar-refractivity contribution in [3.8, 4) is 5.88 Å². The molecule has 0 spiro atoms. The number of rotatable bonds is 4. The summed E-state index contributed by atoms with van der Waals surface area (Å²) in [6.45, 7) is 2.53. The van der Waals surface area contributed by atoms with E-state index in [-0.39, 0.29) is 12.1 Å². The van der Waals surface area contributed by atoms with E-state index in [1.54, 1.807) is 13.2 Å². The maximum absolute atomic E-state index is 12.9. The highest BCUT2D eigenvalue weighted by molar-refractivity contribution is 5.75. The van der Waals surface area contributed by atoms with Crippen molar-refractivity contribution in [3.63, 3.8) is 0 Å². The van der Waals surface area contributed by atoms with Gasteiger partial charge in [-0.05, 0) is 18.1 Å². The molecule has 2 amide bonds. The van der Waals surface area contributed by atoms with Gasteiger partial charge in [0.1, 0.15) is 0 Å². The summed E-state index contributed by atoms with van der Waals surface area (Å²) in [5.74, 6) is 1.22. The smallest absolute Gasteiger partial charge is 0.318 e. The highest BCUT2D eigenvalue weighted by Gasteiger charge is 2.45. The molecular weight excluding hydrogens is 342 g/mol. The number of fused-ring (bicyclic) bond motifs is 1. The van der Waals surface area contributed by atoms with Gasteiger partial charge in [0.05, 0.1) is 26.0 Å². The molecule has 1 aromatic carbocycles. The van der Waals surface area contributed by atoms with Crippen molar-refractivity contribution in [2.45, 2.75) is 24.9 Å². The van der Waals surface area contributed by atoms with Gasteiger partial charge in [-0.1, -0.05) is 36.4 Å². The van der Waals surface area contributed by atoms with E-state index < -0.39 is 0 Å². The third-order valence-electron chi connectivity index (χ3n) is 5.57. The Labute approximate surface area is 159 Å². The molecule has 0 saturated carbocycles. The molecule has 142 valence electrons. The van der Waals surface area contributed by atoms with Crippen LogP contribution in [0.3, 0.4) is 0 Å². The molecule has 2 fully saturated rings. The predicted molar refractivity (Wildman–Crippen MR) is 102 cm³/mol. The van der Waals surface area contributed by atoms with Crippen LogP contribution in [0.2, 0.25) is 0 Å². The molecule has 0 radical (unpaired) electrons. The van der Waals surface area contributed by atoms with E-state index in [0.29, 0.717) is 37.5 Å². The monoisotopic (exact) mass is 367 g/mol. The normalized spacial score (nSPS) is 24.3. The van der Waals surface area contributed by atoms with E-state index in [2.05, 4.69) is 34.6 Å². The van der Waals surface area contributed by atoms with Crippen LogP contribution in [0, 0.1) is 5.92 Å². The van der Waals surface area contributed by atoms with Crippen molar-refractivity contribution < 1.29 is 14.3 Å². The van der Waals surface area contributed by atoms with E-state index >= 15 is 0 Å². The fraction of sp³-hybridized carbons (Fsp3) is 0.429. The van der Waals surface area contributed by atoms with Crippen molar-refractivity contribution in [1.29, 1.82) is 0 Å². The maximum Gasteiger partial charge on any atom is 0.318 e. The van der Waals surface area contributed by atoms with Gasteiger partial charge in [0, 0.05) is 37.1 Å². The number of nitrogens with zero attached hydrogens (tertiary/aromatic N) is 2. The van der Waals surface area contributed by atoms with Gasteiger partial charge in [0.2, 0.25) is 5.88 Å². The van der Waals surface area contributed by atoms with Crippen LogP contribution in [0.1, 0.15) is 23.6 Å². The van der Waals surface area contributed by atoms with Crippen LogP contribution in [0.4, 0.5) is 4.79 Å². The van der Waals surface area contributed by atoms with Crippen molar-refractivity contribution in [2.24, 2.45) is 5.92 Å². The van der Waals surface area contributed by atoms with Crippen LogP contribution in [-0.4, -0.2) is 48.8 Å². The Morgan fingerprint density at radius 2 is 2.11 bits per heavy atom. The first-order valence-electron chi connectivity index (χ1n) is 9.43. The van der Waals surface area contributed by atoms with E-state index in [1.165, 1.54) is 5.56 Å². The standard InChI is InChI=1S/C21H25N3O3/c1-26-20-9-5-8-16(23-20)12-22-21(25)24-13-17(15-6-3-2-4-7-15)18-14-27-11-10-19(18)24/h2-9,17-19H,10-14H2,1H3,(H,22,25). The number of likely N-dealkylation sites (tertiary alicyclic amines) is 1. The molecule has 27 heavy (non-hydrogen) atoms. The number of pyridine rings is 1. The Balaban J connectivity index is 1.46. The summed E-state index contributed by atoms with van der Waals surface area (Å²) in [7, 11) is 1.59. The molecule has 2 aromatic rings. The van der Waals surface area contributed by atoms with Crippen LogP contribution in [0.15, 0.2) is 48.5 Å². The predicted octanol–water partition coefficient (Wildman–Crippen LogP) is 2.80. The zero-order valence-corrected chi connectivity index (χ0v) is 15.5. The number of nitrogens with one attached hydrogen (secondary N) is 1. The Morgan fingerprint density at radius 1 is 1.26 bits per heavy atom. The fourth-order valence-electron chi connectivity index (χ4n) is 4.23. The Hall–Kier alpha value is -2.60. The summed E-state index contributed by atoms with van der Waals surface area (Å²) in [6.07, 6.45) is 0.888. The average molecular weight is 367 g/mol. The van der Waals surface area contributed by atoms with Gasteiger partial charge in [0.25, 0.3) is 0 Å². The van der Waals surface area contributed by atoms with E-state index in [9.17, 15) is 4.79 Å². The van der Waals surface area contributed by atoms with E-state index in [4.69, 9.17) is 9.47 Å². The molecule has 2 aliphatic rings. The van der Waals surface area contributed by atoms with Gasteiger partial charge in [-0.15, -0.1) is 0 Å². The number of aromatic nitrogens is 1. The molecule has 6 heteroatoms. The van der Waals surface area contributed by atoms with Gasteiger partial charge >= 0.3 is 6.03 Å². The number of urea groups is 1. The van der Waals surface area contributed by atoms with Crippen LogP contribution < -0.4 is 10.1 Å². The molecule has 1 N–H and O–H groups in total. The Kier molecular flexibility index (Phi) is 5.25. The van der Waals surface area contributed by atoms with Gasteiger partial charge in [-0.2, -0.15) is 0 Å². The summed E-state index contributed by atoms with van der Waals surface area (Å²) in [6, 6.07) is 16.2. The first-order chi connectivity index (χ1) is 13.3. The third-order valence-corrected chi connectivity index (χ3v) is 5.57. The SMILES string of the molecule is COc1cccc(CNC(=O)N2CC(c3ccccc3)C3COCCC32)n1. The molecule has 1 aromatic heterocycles. The minimum Gasteiger partial charge on any atom is -0.481 e. The molecule has 0 bridgehead atoms. The number of amides is 2. The number of carbonyl (C=O) groups excluding carboxylic acids is 1. The van der Waals surface area contributed by atoms with Crippen LogP contribution in [-0.2, 0) is 11.3 Å². The second-order valence-corrected chi connectivity index (χ2v) is 7.09. The fourth-order valence-corrected chi connectivity index (χ4v) is 4.23. The largest absolute Gasteiger partial charge is 0.481 e. The molecule has 3 heterocycles. The zero-order valence-electron chi connectivity index (χ0n) is 15.5. The maximum atomic E-state index is 12.9. The van der Waals surface area contributed by atoms with Crippen LogP contribution >= 0.6 is 0 Å². The molecule has 6 nitrogen and oxygen atoms in total.